The van der Waals surface area contributed by atoms with Gasteiger partial charge in [0.05, 0.1) is 17.4 Å². The molecular formula is C21H26N2O4S. The van der Waals surface area contributed by atoms with Gasteiger partial charge in [-0.3, -0.25) is 14.4 Å². The van der Waals surface area contributed by atoms with E-state index in [-0.39, 0.29) is 17.7 Å². The number of fused-ring (bicyclic) bond motifs is 3. The first-order valence-corrected chi connectivity index (χ1v) is 10.9. The van der Waals surface area contributed by atoms with Gasteiger partial charge in [0.25, 0.3) is 5.91 Å². The number of aliphatic carboxylic acids is 1. The van der Waals surface area contributed by atoms with E-state index in [1.54, 1.807) is 0 Å². The predicted octanol–water partition coefficient (Wildman–Crippen LogP) is 3.21. The van der Waals surface area contributed by atoms with Crippen molar-refractivity contribution in [2.24, 2.45) is 35.3 Å². The second-order valence-electron chi connectivity index (χ2n) is 8.30. The highest BCUT2D eigenvalue weighted by molar-refractivity contribution is 7.17. The normalized spacial score (nSPS) is 30.2. The minimum absolute atomic E-state index is 0.0494. The molecule has 3 aliphatic carbocycles. The molecule has 4 rings (SSSR count). The Bertz CT molecular complexity index is 859. The fourth-order valence-electron chi connectivity index (χ4n) is 5.37. The third kappa shape index (κ3) is 3.15. The van der Waals surface area contributed by atoms with E-state index >= 15 is 0 Å². The Morgan fingerprint density at radius 3 is 2.61 bits per heavy atom. The molecule has 6 nitrogen and oxygen atoms in total. The summed E-state index contributed by atoms with van der Waals surface area (Å²) in [7, 11) is 0. The molecule has 0 saturated heterocycles. The van der Waals surface area contributed by atoms with Crippen LogP contribution in [0.2, 0.25) is 0 Å². The number of carboxylic acids is 1. The number of carbonyl (C=O) groups excluding carboxylic acids is 2. The number of nitrogens with two attached hydrogens (primary N) is 1. The third-order valence-corrected chi connectivity index (χ3v) is 7.76. The van der Waals surface area contributed by atoms with Crippen molar-refractivity contribution in [3.63, 3.8) is 0 Å². The van der Waals surface area contributed by atoms with Crippen molar-refractivity contribution in [3.8, 4) is 0 Å². The van der Waals surface area contributed by atoms with E-state index in [2.05, 4.69) is 12.2 Å². The molecule has 4 N–H and O–H groups in total. The van der Waals surface area contributed by atoms with E-state index in [4.69, 9.17) is 5.73 Å². The number of rotatable bonds is 6. The van der Waals surface area contributed by atoms with Crippen molar-refractivity contribution in [3.05, 3.63) is 28.2 Å². The van der Waals surface area contributed by atoms with Crippen LogP contribution >= 0.6 is 11.3 Å². The molecule has 0 unspecified atom stereocenters. The topological polar surface area (TPSA) is 109 Å². The first-order valence-electron chi connectivity index (χ1n) is 10.1. The largest absolute Gasteiger partial charge is 0.481 e. The molecule has 7 heteroatoms. The molecule has 0 aromatic carbocycles. The molecule has 28 heavy (non-hydrogen) atoms. The molecule has 3 aliphatic rings. The van der Waals surface area contributed by atoms with Crippen LogP contribution in [0.1, 0.15) is 53.4 Å². The Hall–Kier alpha value is -2.15. The van der Waals surface area contributed by atoms with Crippen molar-refractivity contribution < 1.29 is 19.5 Å². The summed E-state index contributed by atoms with van der Waals surface area (Å²) in [5.41, 5.74) is 7.05. The van der Waals surface area contributed by atoms with E-state index in [1.165, 1.54) is 11.3 Å². The lowest BCUT2D eigenvalue weighted by Gasteiger charge is -2.23. The van der Waals surface area contributed by atoms with Gasteiger partial charge in [-0.2, -0.15) is 0 Å². The molecular weight excluding hydrogens is 376 g/mol. The number of carboxylic acid groups (broad SMARTS) is 1. The van der Waals surface area contributed by atoms with E-state index < -0.39 is 23.7 Å². The van der Waals surface area contributed by atoms with Crippen molar-refractivity contribution >= 4 is 34.1 Å². The Balaban J connectivity index is 1.60. The van der Waals surface area contributed by atoms with Crippen molar-refractivity contribution in [1.82, 2.24) is 0 Å². The molecule has 2 bridgehead atoms. The number of carbonyl (C=O) groups is 3. The summed E-state index contributed by atoms with van der Waals surface area (Å²) in [6.45, 7) is 2.17. The number of primary amides is 1. The summed E-state index contributed by atoms with van der Waals surface area (Å²) < 4.78 is 0. The summed E-state index contributed by atoms with van der Waals surface area (Å²) in [4.78, 5) is 38.0. The number of anilines is 1. The number of allylic oxidation sites excluding steroid dienone is 2. The summed E-state index contributed by atoms with van der Waals surface area (Å²) in [6, 6.07) is 0. The van der Waals surface area contributed by atoms with Crippen molar-refractivity contribution in [2.45, 2.75) is 45.4 Å². The van der Waals surface area contributed by atoms with Gasteiger partial charge in [-0.1, -0.05) is 31.9 Å². The summed E-state index contributed by atoms with van der Waals surface area (Å²) in [5, 5.41) is 13.0. The van der Waals surface area contributed by atoms with E-state index in [9.17, 15) is 19.5 Å². The van der Waals surface area contributed by atoms with Crippen LogP contribution in [-0.4, -0.2) is 22.9 Å². The molecule has 0 spiro atoms. The van der Waals surface area contributed by atoms with Gasteiger partial charge in [0.15, 0.2) is 0 Å². The highest BCUT2D eigenvalue weighted by atomic mass is 32.1. The lowest BCUT2D eigenvalue weighted by molar-refractivity contribution is -0.146. The first kappa shape index (κ1) is 19.2. The zero-order valence-electron chi connectivity index (χ0n) is 15.9. The number of thiophene rings is 1. The van der Waals surface area contributed by atoms with E-state index in [0.717, 1.165) is 42.5 Å². The van der Waals surface area contributed by atoms with Gasteiger partial charge in [-0.25, -0.2) is 0 Å². The minimum Gasteiger partial charge on any atom is -0.481 e. The third-order valence-electron chi connectivity index (χ3n) is 6.59. The molecule has 0 aliphatic heterocycles. The van der Waals surface area contributed by atoms with Gasteiger partial charge >= 0.3 is 5.97 Å². The summed E-state index contributed by atoms with van der Waals surface area (Å²) >= 11 is 1.44. The van der Waals surface area contributed by atoms with Crippen molar-refractivity contribution in [1.29, 1.82) is 0 Å². The fourth-order valence-corrected chi connectivity index (χ4v) is 6.74. The number of hydrogen-bond acceptors (Lipinski definition) is 4. The van der Waals surface area contributed by atoms with Crippen LogP contribution in [0.15, 0.2) is 12.2 Å². The number of nitrogens with one attached hydrogen (secondary N) is 1. The lowest BCUT2D eigenvalue weighted by Crippen LogP contribution is -2.36. The lowest BCUT2D eigenvalue weighted by atomic mass is 9.82. The van der Waals surface area contributed by atoms with Crippen LogP contribution in [-0.2, 0) is 22.4 Å². The molecule has 1 fully saturated rings. The fraction of sp³-hybridized carbons (Fsp3) is 0.571. The first-order chi connectivity index (χ1) is 13.4. The molecule has 150 valence electrons. The van der Waals surface area contributed by atoms with Gasteiger partial charge in [-0.05, 0) is 49.0 Å². The summed E-state index contributed by atoms with van der Waals surface area (Å²) in [6.07, 6.45) is 9.62. The average Bonchev–Trinajstić information content (AvgIpc) is 3.33. The van der Waals surface area contributed by atoms with Gasteiger partial charge in [0.1, 0.15) is 5.00 Å². The number of hydrogen-bond donors (Lipinski definition) is 3. The van der Waals surface area contributed by atoms with E-state index in [1.807, 2.05) is 12.2 Å². The summed E-state index contributed by atoms with van der Waals surface area (Å²) in [5.74, 6) is -2.59. The Labute approximate surface area is 168 Å². The molecule has 0 radical (unpaired) electrons. The second kappa shape index (κ2) is 7.35. The smallest absolute Gasteiger partial charge is 0.307 e. The standard InChI is InChI=1S/C21H26N2O4S/c1-2-3-10-4-7-13-14(8-10)28-20(17(13)18(22)24)23-19(25)15-11-5-6-12(9-11)16(15)21(26)27/h5-6,10-12,15-16H,2-4,7-9H2,1H3,(H2,22,24)(H,23,25)(H,26,27)/t10-,11-,12-,15+,16-/m0/s1. The monoisotopic (exact) mass is 402 g/mol. The van der Waals surface area contributed by atoms with E-state index in [0.29, 0.717) is 22.9 Å². The Morgan fingerprint density at radius 1 is 1.25 bits per heavy atom. The van der Waals surface area contributed by atoms with Crippen LogP contribution in [0.25, 0.3) is 0 Å². The maximum Gasteiger partial charge on any atom is 0.307 e. The molecule has 1 saturated carbocycles. The second-order valence-corrected chi connectivity index (χ2v) is 9.40. The highest BCUT2D eigenvalue weighted by Gasteiger charge is 2.51. The van der Waals surface area contributed by atoms with Crippen LogP contribution < -0.4 is 11.1 Å². The molecule has 1 aromatic heterocycles. The maximum atomic E-state index is 13.0. The van der Waals surface area contributed by atoms with Gasteiger partial charge in [0, 0.05) is 4.88 Å². The number of amides is 2. The predicted molar refractivity (Wildman–Crippen MR) is 107 cm³/mol. The van der Waals surface area contributed by atoms with Crippen molar-refractivity contribution in [2.75, 3.05) is 5.32 Å². The van der Waals surface area contributed by atoms with Crippen LogP contribution in [0.3, 0.4) is 0 Å². The molecule has 5 atom stereocenters. The zero-order chi connectivity index (χ0) is 20.0. The molecule has 1 heterocycles. The van der Waals surface area contributed by atoms with Crippen LogP contribution in [0.5, 0.6) is 0 Å². The zero-order valence-corrected chi connectivity index (χ0v) is 16.8. The molecule has 1 aromatic rings. The van der Waals surface area contributed by atoms with Crippen LogP contribution in [0.4, 0.5) is 5.00 Å². The average molecular weight is 403 g/mol. The SMILES string of the molecule is CCC[C@H]1CCc2c(sc(NC(=O)[C@H]3[C@@H](C(=O)O)[C@H]4C=C[C@H]3C4)c2C(N)=O)C1. The quantitative estimate of drug-likeness (QED) is 0.635. The van der Waals surface area contributed by atoms with Gasteiger partial charge in [0.2, 0.25) is 5.91 Å². The minimum atomic E-state index is -0.931. The highest BCUT2D eigenvalue weighted by Crippen LogP contribution is 2.49. The molecule has 2 amide bonds. The van der Waals surface area contributed by atoms with Gasteiger partial charge < -0.3 is 16.2 Å². The Morgan fingerprint density at radius 2 is 1.96 bits per heavy atom. The maximum absolute atomic E-state index is 13.0. The van der Waals surface area contributed by atoms with Gasteiger partial charge in [-0.15, -0.1) is 11.3 Å². The van der Waals surface area contributed by atoms with Crippen LogP contribution in [0, 0.1) is 29.6 Å². The Kier molecular flexibility index (Phi) is 5.04.